The minimum atomic E-state index is -3.86. The number of hydrogen-bond acceptors (Lipinski definition) is 10. The number of nitrogens with two attached hydrogens (primary N) is 1. The maximum absolute atomic E-state index is 13.5. The molecule has 0 radical (unpaired) electrons. The summed E-state index contributed by atoms with van der Waals surface area (Å²) in [4.78, 5) is 40.3. The van der Waals surface area contributed by atoms with Crippen molar-refractivity contribution < 1.29 is 23.5 Å². The summed E-state index contributed by atoms with van der Waals surface area (Å²) < 4.78 is 26.2. The van der Waals surface area contributed by atoms with Crippen molar-refractivity contribution in [2.45, 2.75) is 33.0 Å². The molecule has 0 bridgehead atoms. The lowest BCUT2D eigenvalue weighted by Crippen LogP contribution is -2.35. The number of imidazole rings is 1. The summed E-state index contributed by atoms with van der Waals surface area (Å²) in [7, 11) is -3.86. The van der Waals surface area contributed by atoms with Crippen molar-refractivity contribution in [2.75, 3.05) is 25.3 Å². The number of nitrogen functional groups attached to an aromatic ring is 1. The van der Waals surface area contributed by atoms with Crippen molar-refractivity contribution in [3.05, 3.63) is 52.6 Å². The normalized spacial score (nSPS) is 14.2. The van der Waals surface area contributed by atoms with Gasteiger partial charge in [-0.15, -0.1) is 0 Å². The van der Waals surface area contributed by atoms with E-state index in [2.05, 4.69) is 20.4 Å². The number of carbonyl (C=O) groups excluding carboxylic acids is 1. The second kappa shape index (κ2) is 11.3. The monoisotopic (exact) mass is 478 g/mol. The summed E-state index contributed by atoms with van der Waals surface area (Å²) in [5, 5.41) is 0. The molecular formula is C20H27N6O6P. The lowest BCUT2D eigenvalue weighted by molar-refractivity contribution is -0.118. The van der Waals surface area contributed by atoms with E-state index >= 15 is 0 Å². The van der Waals surface area contributed by atoms with Gasteiger partial charge in [-0.3, -0.25) is 19.1 Å². The molecule has 3 rings (SSSR count). The zero-order valence-electron chi connectivity index (χ0n) is 18.4. The van der Waals surface area contributed by atoms with Gasteiger partial charge in [0.25, 0.3) is 12.9 Å². The molecule has 2 heterocycles. The third-order valence-corrected chi connectivity index (χ3v) is 6.75. The highest BCUT2D eigenvalue weighted by molar-refractivity contribution is 7.76. The van der Waals surface area contributed by atoms with E-state index in [0.29, 0.717) is 12.3 Å². The first-order chi connectivity index (χ1) is 15.8. The average Bonchev–Trinajstić information content (AvgIpc) is 3.22. The average molecular weight is 478 g/mol. The van der Waals surface area contributed by atoms with Crippen LogP contribution >= 0.6 is 7.37 Å². The predicted molar refractivity (Wildman–Crippen MR) is 121 cm³/mol. The summed E-state index contributed by atoms with van der Waals surface area (Å²) in [6, 6.07) is 8.25. The minimum Gasteiger partial charge on any atom is -0.369 e. The van der Waals surface area contributed by atoms with E-state index in [1.165, 1.54) is 6.33 Å². The van der Waals surface area contributed by atoms with Gasteiger partial charge in [-0.1, -0.05) is 30.3 Å². The van der Waals surface area contributed by atoms with E-state index in [1.54, 1.807) is 18.4 Å². The third-order valence-electron chi connectivity index (χ3n) is 4.62. The fourth-order valence-electron chi connectivity index (χ4n) is 2.95. The van der Waals surface area contributed by atoms with Crippen molar-refractivity contribution in [1.29, 1.82) is 0 Å². The third kappa shape index (κ3) is 6.34. The molecule has 0 aliphatic carbocycles. The van der Waals surface area contributed by atoms with E-state index in [9.17, 15) is 14.2 Å². The second-order valence-corrected chi connectivity index (χ2v) is 9.45. The number of hydrogen-bond donors (Lipinski definition) is 3. The van der Waals surface area contributed by atoms with Gasteiger partial charge < -0.3 is 24.4 Å². The van der Waals surface area contributed by atoms with Crippen LogP contribution in [-0.2, 0) is 36.6 Å². The number of ether oxygens (including phenoxy) is 1. The minimum absolute atomic E-state index is 0.00724. The van der Waals surface area contributed by atoms with Crippen LogP contribution in [0.15, 0.2) is 41.5 Å². The van der Waals surface area contributed by atoms with E-state index in [4.69, 9.17) is 19.8 Å². The Labute approximate surface area is 189 Å². The van der Waals surface area contributed by atoms with Crippen molar-refractivity contribution in [1.82, 2.24) is 25.0 Å². The number of nitrogens with zero attached hydrogens (tertiary/aromatic N) is 3. The van der Waals surface area contributed by atoms with E-state index in [-0.39, 0.29) is 31.2 Å². The lowest BCUT2D eigenvalue weighted by Gasteiger charge is -2.21. The van der Waals surface area contributed by atoms with Crippen LogP contribution in [0.4, 0.5) is 5.95 Å². The SMILES string of the molecule is CCON[C@@H](C)C(=O)P(=O)(COCCn1cnc2c(=O)[nH]c(N)nc21)OCc1ccccc1. The molecule has 1 unspecified atom stereocenters. The Morgan fingerprint density at radius 3 is 2.82 bits per heavy atom. The number of anilines is 1. The first-order valence-electron chi connectivity index (χ1n) is 10.3. The van der Waals surface area contributed by atoms with Gasteiger partial charge in [0.15, 0.2) is 11.2 Å². The quantitative estimate of drug-likeness (QED) is 0.187. The number of benzene rings is 1. The van der Waals surface area contributed by atoms with Crippen LogP contribution < -0.4 is 16.8 Å². The molecule has 178 valence electrons. The first kappa shape index (κ1) is 24.7. The van der Waals surface area contributed by atoms with Gasteiger partial charge in [-0.25, -0.2) is 4.98 Å². The lowest BCUT2D eigenvalue weighted by atomic mass is 10.2. The standard InChI is InChI=1S/C20H27N6O6P/c1-3-31-25-14(2)19(28)33(29,32-11-15-7-5-4-6-8-15)13-30-10-9-26-12-22-16-17(26)23-20(21)24-18(16)27/h4-8,12,14,25H,3,9-11,13H2,1-2H3,(H3,21,23,24,27)/t14-,33?/m0/s1. The van der Waals surface area contributed by atoms with Crippen LogP contribution in [0.1, 0.15) is 19.4 Å². The molecule has 3 aromatic rings. The van der Waals surface area contributed by atoms with Gasteiger partial charge in [0, 0.05) is 6.54 Å². The predicted octanol–water partition coefficient (Wildman–Crippen LogP) is 1.63. The van der Waals surface area contributed by atoms with Crippen LogP contribution in [0.3, 0.4) is 0 Å². The van der Waals surface area contributed by atoms with Gasteiger partial charge >= 0.3 is 0 Å². The largest absolute Gasteiger partial charge is 0.369 e. The van der Waals surface area contributed by atoms with Gasteiger partial charge in [-0.2, -0.15) is 10.5 Å². The maximum atomic E-state index is 13.5. The Hall–Kier alpha value is -2.89. The summed E-state index contributed by atoms with van der Waals surface area (Å²) in [5.41, 5.74) is 8.29. The fourth-order valence-corrected chi connectivity index (χ4v) is 4.65. The van der Waals surface area contributed by atoms with Crippen LogP contribution in [-0.4, -0.2) is 50.6 Å². The number of aromatic amines is 1. The van der Waals surface area contributed by atoms with Crippen LogP contribution in [0.25, 0.3) is 11.2 Å². The Morgan fingerprint density at radius 2 is 2.09 bits per heavy atom. The summed E-state index contributed by atoms with van der Waals surface area (Å²) >= 11 is 0. The molecule has 0 spiro atoms. The highest BCUT2D eigenvalue weighted by Crippen LogP contribution is 2.49. The van der Waals surface area contributed by atoms with Crippen molar-refractivity contribution >= 4 is 30.0 Å². The molecule has 1 aromatic carbocycles. The Kier molecular flexibility index (Phi) is 8.48. The smallest absolute Gasteiger partial charge is 0.293 e. The molecule has 12 nitrogen and oxygen atoms in total. The molecule has 0 aliphatic heterocycles. The number of carbonyl (C=O) groups is 1. The summed E-state index contributed by atoms with van der Waals surface area (Å²) in [6.07, 6.45) is 1.01. The maximum Gasteiger partial charge on any atom is 0.293 e. The molecule has 4 N–H and O–H groups in total. The van der Waals surface area contributed by atoms with Crippen LogP contribution in [0, 0.1) is 0 Å². The summed E-state index contributed by atoms with van der Waals surface area (Å²) in [6.45, 7) is 3.94. The molecule has 0 amide bonds. The Morgan fingerprint density at radius 1 is 1.33 bits per heavy atom. The van der Waals surface area contributed by atoms with Gasteiger partial charge in [-0.05, 0) is 19.4 Å². The molecule has 0 saturated heterocycles. The number of nitrogens with one attached hydrogen (secondary N) is 2. The van der Waals surface area contributed by atoms with Gasteiger partial charge in [0.2, 0.25) is 11.5 Å². The number of rotatable bonds is 13. The topological polar surface area (TPSA) is 163 Å². The van der Waals surface area contributed by atoms with Gasteiger partial charge in [0.1, 0.15) is 6.35 Å². The molecule has 13 heteroatoms. The van der Waals surface area contributed by atoms with Gasteiger partial charge in [0.05, 0.1) is 32.2 Å². The van der Waals surface area contributed by atoms with E-state index in [0.717, 1.165) is 5.56 Å². The van der Waals surface area contributed by atoms with Crippen LogP contribution in [0.5, 0.6) is 0 Å². The molecule has 2 aromatic heterocycles. The number of hydroxylamine groups is 1. The molecule has 0 fully saturated rings. The second-order valence-electron chi connectivity index (χ2n) is 7.14. The molecule has 33 heavy (non-hydrogen) atoms. The highest BCUT2D eigenvalue weighted by Gasteiger charge is 2.37. The zero-order valence-corrected chi connectivity index (χ0v) is 19.3. The Balaban J connectivity index is 1.66. The highest BCUT2D eigenvalue weighted by atomic mass is 31.2. The van der Waals surface area contributed by atoms with Crippen molar-refractivity contribution in [2.24, 2.45) is 0 Å². The molecule has 0 aliphatic rings. The molecule has 2 atom stereocenters. The summed E-state index contributed by atoms with van der Waals surface area (Å²) in [5.74, 6) is -0.0321. The number of H-pyrrole nitrogens is 1. The Bertz CT molecular complexity index is 1180. The molecular weight excluding hydrogens is 451 g/mol. The molecule has 0 saturated carbocycles. The van der Waals surface area contributed by atoms with Crippen molar-refractivity contribution in [3.8, 4) is 0 Å². The number of fused-ring (bicyclic) bond motifs is 1. The van der Waals surface area contributed by atoms with Crippen LogP contribution in [0.2, 0.25) is 0 Å². The fraction of sp³-hybridized carbons (Fsp3) is 0.400. The van der Waals surface area contributed by atoms with E-state index in [1.807, 2.05) is 30.3 Å². The number of aromatic nitrogens is 4. The van der Waals surface area contributed by atoms with Crippen molar-refractivity contribution in [3.63, 3.8) is 0 Å². The first-order valence-corrected chi connectivity index (χ1v) is 12.1. The zero-order chi connectivity index (χ0) is 23.8. The van der Waals surface area contributed by atoms with E-state index < -0.39 is 30.8 Å².